The first kappa shape index (κ1) is 17.9. The highest BCUT2D eigenvalue weighted by Crippen LogP contribution is 2.21. The van der Waals surface area contributed by atoms with Gasteiger partial charge in [0.25, 0.3) is 5.17 Å². The second kappa shape index (κ2) is 10.5. The summed E-state index contributed by atoms with van der Waals surface area (Å²) in [5, 5.41) is 3.35. The fraction of sp³-hybridized carbons (Fsp3) is 0.438. The zero-order valence-corrected chi connectivity index (χ0v) is 14.5. The van der Waals surface area contributed by atoms with Gasteiger partial charge in [0.1, 0.15) is 19.0 Å². The minimum Gasteiger partial charge on any atom is -0.490 e. The molecule has 0 heterocycles. The molecule has 5 heteroatoms. The first-order valence-electron chi connectivity index (χ1n) is 7.01. The molecule has 116 valence electrons. The van der Waals surface area contributed by atoms with E-state index in [1.165, 1.54) is 10.5 Å². The number of hydrogen-bond donors (Lipinski definition) is 1. The van der Waals surface area contributed by atoms with E-state index in [0.717, 1.165) is 18.0 Å². The molecule has 0 aliphatic carbocycles. The SMILES string of the molecule is CCNC(=S)OCCOc1ccc(SCC=C(C)C)cc1. The van der Waals surface area contributed by atoms with Crippen molar-refractivity contribution in [3.05, 3.63) is 35.9 Å². The highest BCUT2D eigenvalue weighted by molar-refractivity contribution is 7.99. The molecular formula is C16H23NO2S2. The van der Waals surface area contributed by atoms with Crippen LogP contribution < -0.4 is 10.1 Å². The van der Waals surface area contributed by atoms with Gasteiger partial charge in [-0.2, -0.15) is 0 Å². The lowest BCUT2D eigenvalue weighted by molar-refractivity contribution is 0.207. The molecule has 0 fully saturated rings. The minimum absolute atomic E-state index is 0.423. The van der Waals surface area contributed by atoms with Crippen LogP contribution in [-0.2, 0) is 4.74 Å². The van der Waals surface area contributed by atoms with E-state index in [9.17, 15) is 0 Å². The quantitative estimate of drug-likeness (QED) is 0.337. The van der Waals surface area contributed by atoms with Crippen molar-refractivity contribution in [3.8, 4) is 5.75 Å². The molecule has 0 radical (unpaired) electrons. The molecule has 1 aromatic rings. The summed E-state index contributed by atoms with van der Waals surface area (Å²) < 4.78 is 10.9. The molecule has 0 spiro atoms. The zero-order chi connectivity index (χ0) is 15.5. The average Bonchev–Trinajstić information content (AvgIpc) is 2.45. The first-order chi connectivity index (χ1) is 10.1. The van der Waals surface area contributed by atoms with Crippen molar-refractivity contribution in [1.29, 1.82) is 0 Å². The monoisotopic (exact) mass is 325 g/mol. The predicted octanol–water partition coefficient (Wildman–Crippen LogP) is 4.03. The number of ether oxygens (including phenoxy) is 2. The Bertz CT molecular complexity index is 454. The van der Waals surface area contributed by atoms with Crippen LogP contribution in [0.25, 0.3) is 0 Å². The summed E-state index contributed by atoms with van der Waals surface area (Å²) in [4.78, 5) is 1.24. The molecule has 0 aliphatic rings. The number of nitrogens with one attached hydrogen (secondary N) is 1. The van der Waals surface area contributed by atoms with E-state index in [0.29, 0.717) is 18.4 Å². The Balaban J connectivity index is 2.25. The summed E-state index contributed by atoms with van der Waals surface area (Å²) in [6, 6.07) is 8.10. The van der Waals surface area contributed by atoms with E-state index in [4.69, 9.17) is 21.7 Å². The van der Waals surface area contributed by atoms with Gasteiger partial charge in [-0.05, 0) is 57.3 Å². The smallest absolute Gasteiger partial charge is 0.256 e. The van der Waals surface area contributed by atoms with E-state index >= 15 is 0 Å². The maximum absolute atomic E-state index is 5.60. The molecule has 0 saturated carbocycles. The van der Waals surface area contributed by atoms with Gasteiger partial charge in [-0.15, -0.1) is 11.8 Å². The van der Waals surface area contributed by atoms with Crippen LogP contribution in [0.5, 0.6) is 5.75 Å². The summed E-state index contributed by atoms with van der Waals surface area (Å²) in [6.07, 6.45) is 2.22. The molecule has 0 aromatic heterocycles. The van der Waals surface area contributed by atoms with Crippen LogP contribution in [-0.4, -0.2) is 30.7 Å². The van der Waals surface area contributed by atoms with Crippen LogP contribution in [0, 0.1) is 0 Å². The normalized spacial score (nSPS) is 9.86. The Morgan fingerprint density at radius 1 is 1.24 bits per heavy atom. The van der Waals surface area contributed by atoms with Crippen LogP contribution in [0.2, 0.25) is 0 Å². The van der Waals surface area contributed by atoms with Gasteiger partial charge in [0, 0.05) is 17.2 Å². The third-order valence-corrected chi connectivity index (χ3v) is 3.67. The number of hydrogen-bond acceptors (Lipinski definition) is 4. The van der Waals surface area contributed by atoms with Gasteiger partial charge >= 0.3 is 0 Å². The van der Waals surface area contributed by atoms with E-state index in [1.807, 2.05) is 30.8 Å². The summed E-state index contributed by atoms with van der Waals surface area (Å²) in [5.74, 6) is 1.85. The van der Waals surface area contributed by atoms with E-state index in [1.54, 1.807) is 0 Å². The zero-order valence-electron chi connectivity index (χ0n) is 12.8. The largest absolute Gasteiger partial charge is 0.490 e. The van der Waals surface area contributed by atoms with Crippen molar-refractivity contribution in [3.63, 3.8) is 0 Å². The maximum atomic E-state index is 5.60. The van der Waals surface area contributed by atoms with Crippen LogP contribution in [0.3, 0.4) is 0 Å². The average molecular weight is 325 g/mol. The number of benzene rings is 1. The minimum atomic E-state index is 0.423. The van der Waals surface area contributed by atoms with Crippen LogP contribution in [0.15, 0.2) is 40.8 Å². The van der Waals surface area contributed by atoms with Gasteiger partial charge in [0.15, 0.2) is 0 Å². The van der Waals surface area contributed by atoms with E-state index < -0.39 is 0 Å². The summed E-state index contributed by atoms with van der Waals surface area (Å²) in [7, 11) is 0. The Morgan fingerprint density at radius 3 is 2.57 bits per heavy atom. The second-order valence-electron chi connectivity index (χ2n) is 4.58. The molecule has 0 unspecified atom stereocenters. The third kappa shape index (κ3) is 8.63. The highest BCUT2D eigenvalue weighted by Gasteiger charge is 1.98. The number of allylic oxidation sites excluding steroid dienone is 1. The van der Waals surface area contributed by atoms with Crippen LogP contribution in [0.4, 0.5) is 0 Å². The summed E-state index contributed by atoms with van der Waals surface area (Å²) in [6.45, 7) is 7.90. The van der Waals surface area contributed by atoms with E-state index in [-0.39, 0.29) is 0 Å². The van der Waals surface area contributed by atoms with Crippen molar-refractivity contribution in [2.24, 2.45) is 0 Å². The van der Waals surface area contributed by atoms with Crippen molar-refractivity contribution < 1.29 is 9.47 Å². The Kier molecular flexibility index (Phi) is 8.94. The fourth-order valence-electron chi connectivity index (χ4n) is 1.43. The molecule has 1 aromatic carbocycles. The highest BCUT2D eigenvalue weighted by atomic mass is 32.2. The second-order valence-corrected chi connectivity index (χ2v) is 6.04. The molecule has 0 bridgehead atoms. The van der Waals surface area contributed by atoms with Crippen molar-refractivity contribution in [2.45, 2.75) is 25.7 Å². The number of thioether (sulfide) groups is 1. The molecule has 0 aliphatic heterocycles. The van der Waals surface area contributed by atoms with Crippen LogP contribution in [0.1, 0.15) is 20.8 Å². The van der Waals surface area contributed by atoms with Gasteiger partial charge in [-0.25, -0.2) is 0 Å². The molecule has 3 nitrogen and oxygen atoms in total. The maximum Gasteiger partial charge on any atom is 0.256 e. The Hall–Kier alpha value is -1.20. The standard InChI is InChI=1S/C16H23NO2S2/c1-4-17-16(20)19-11-10-18-14-5-7-15(8-6-14)21-12-9-13(2)3/h5-9H,4,10-12H2,1-3H3,(H,17,20). The Morgan fingerprint density at radius 2 is 1.95 bits per heavy atom. The summed E-state index contributed by atoms with van der Waals surface area (Å²) in [5.41, 5.74) is 1.35. The molecule has 21 heavy (non-hydrogen) atoms. The van der Waals surface area contributed by atoms with Gasteiger partial charge < -0.3 is 14.8 Å². The van der Waals surface area contributed by atoms with Gasteiger partial charge in [-0.3, -0.25) is 0 Å². The number of rotatable bonds is 8. The van der Waals surface area contributed by atoms with Gasteiger partial charge in [0.05, 0.1) is 0 Å². The molecule has 0 saturated heterocycles. The molecule has 1 rings (SSSR count). The Labute approximate surface area is 137 Å². The number of thiocarbonyl (C=S) groups is 1. The molecule has 1 N–H and O–H groups in total. The lowest BCUT2D eigenvalue weighted by Gasteiger charge is -2.09. The molecule has 0 atom stereocenters. The van der Waals surface area contributed by atoms with Crippen LogP contribution >= 0.6 is 24.0 Å². The lowest BCUT2D eigenvalue weighted by atomic mass is 10.3. The summed E-state index contributed by atoms with van der Waals surface area (Å²) >= 11 is 6.78. The first-order valence-corrected chi connectivity index (χ1v) is 8.41. The van der Waals surface area contributed by atoms with Crippen molar-refractivity contribution >= 4 is 29.2 Å². The fourth-order valence-corrected chi connectivity index (χ4v) is 2.59. The third-order valence-electron chi connectivity index (χ3n) is 2.47. The molecule has 0 amide bonds. The van der Waals surface area contributed by atoms with Gasteiger partial charge in [0.2, 0.25) is 0 Å². The van der Waals surface area contributed by atoms with Crippen molar-refractivity contribution in [1.82, 2.24) is 5.32 Å². The molecular weight excluding hydrogens is 302 g/mol. The predicted molar refractivity (Wildman–Crippen MR) is 94.3 cm³/mol. The van der Waals surface area contributed by atoms with Crippen molar-refractivity contribution in [2.75, 3.05) is 25.5 Å². The lowest BCUT2D eigenvalue weighted by Crippen LogP contribution is -2.25. The topological polar surface area (TPSA) is 30.5 Å². The van der Waals surface area contributed by atoms with Gasteiger partial charge in [-0.1, -0.05) is 11.6 Å². The van der Waals surface area contributed by atoms with E-state index in [2.05, 4.69) is 37.4 Å².